The van der Waals surface area contributed by atoms with E-state index >= 15 is 0 Å². The van der Waals surface area contributed by atoms with E-state index in [1.54, 1.807) is 23.1 Å². The zero-order chi connectivity index (χ0) is 22.7. The van der Waals surface area contributed by atoms with Crippen molar-refractivity contribution >= 4 is 34.2 Å². The number of aromatic amines is 1. The van der Waals surface area contributed by atoms with E-state index in [1.807, 2.05) is 37.3 Å². The standard InChI is InChI=1S/C25H29ClN4O2/c1-3-29-11-5-8-22(29)16-30(25(32)27-21-7-4-6-20(26)14-21)15-19-13-18-12-17(2)9-10-23(18)28-24(19)31/h4,6-7,9-10,12-14,22H,3,5,8,11,15-16H2,1-2H3,(H,27,32)(H,28,31)/t22-/m1/s1. The molecule has 2 amide bonds. The van der Waals surface area contributed by atoms with E-state index in [-0.39, 0.29) is 24.2 Å². The largest absolute Gasteiger partial charge is 0.322 e. The van der Waals surface area contributed by atoms with Crippen LogP contribution in [0.5, 0.6) is 0 Å². The minimum Gasteiger partial charge on any atom is -0.322 e. The number of nitrogens with one attached hydrogen (secondary N) is 2. The Morgan fingerprint density at radius 3 is 2.88 bits per heavy atom. The Morgan fingerprint density at radius 2 is 2.09 bits per heavy atom. The van der Waals surface area contributed by atoms with E-state index in [0.717, 1.165) is 42.4 Å². The third-order valence-electron chi connectivity index (χ3n) is 6.14. The molecule has 3 aromatic rings. The number of nitrogens with zero attached hydrogens (tertiary/aromatic N) is 2. The zero-order valence-electron chi connectivity index (χ0n) is 18.5. The maximum Gasteiger partial charge on any atom is 0.322 e. The van der Waals surface area contributed by atoms with Crippen molar-refractivity contribution in [2.75, 3.05) is 25.0 Å². The van der Waals surface area contributed by atoms with E-state index in [2.05, 4.69) is 22.1 Å². The maximum atomic E-state index is 13.3. The molecule has 1 atom stereocenters. The lowest BCUT2D eigenvalue weighted by atomic mass is 10.1. The van der Waals surface area contributed by atoms with E-state index in [9.17, 15) is 9.59 Å². The van der Waals surface area contributed by atoms with Crippen molar-refractivity contribution in [3.05, 3.63) is 75.0 Å². The van der Waals surface area contributed by atoms with Crippen LogP contribution in [-0.2, 0) is 6.54 Å². The van der Waals surface area contributed by atoms with Gasteiger partial charge in [0.1, 0.15) is 0 Å². The normalized spacial score (nSPS) is 16.4. The molecule has 1 aliphatic heterocycles. The molecule has 2 heterocycles. The van der Waals surface area contributed by atoms with Gasteiger partial charge >= 0.3 is 6.03 Å². The summed E-state index contributed by atoms with van der Waals surface area (Å²) in [6.45, 7) is 6.95. The van der Waals surface area contributed by atoms with Crippen LogP contribution in [0.4, 0.5) is 10.5 Å². The molecular formula is C25H29ClN4O2. The summed E-state index contributed by atoms with van der Waals surface area (Å²) in [6.07, 6.45) is 2.17. The van der Waals surface area contributed by atoms with Crippen molar-refractivity contribution in [2.45, 2.75) is 39.3 Å². The van der Waals surface area contributed by atoms with Crippen LogP contribution >= 0.6 is 11.6 Å². The van der Waals surface area contributed by atoms with Gasteiger partial charge < -0.3 is 15.2 Å². The minimum absolute atomic E-state index is 0.166. The third-order valence-corrected chi connectivity index (χ3v) is 6.37. The quantitative estimate of drug-likeness (QED) is 0.552. The summed E-state index contributed by atoms with van der Waals surface area (Å²) in [5.74, 6) is 0. The lowest BCUT2D eigenvalue weighted by Gasteiger charge is -2.30. The second-order valence-corrected chi connectivity index (χ2v) is 8.90. The Bertz CT molecular complexity index is 1180. The predicted molar refractivity (Wildman–Crippen MR) is 130 cm³/mol. The van der Waals surface area contributed by atoms with Crippen LogP contribution in [0.15, 0.2) is 53.3 Å². The summed E-state index contributed by atoms with van der Waals surface area (Å²) in [5.41, 5.74) is 2.96. The monoisotopic (exact) mass is 452 g/mol. The van der Waals surface area contributed by atoms with Crippen LogP contribution < -0.4 is 10.9 Å². The van der Waals surface area contributed by atoms with Gasteiger partial charge in [0.2, 0.25) is 0 Å². The first-order valence-corrected chi connectivity index (χ1v) is 11.5. The Morgan fingerprint density at radius 1 is 1.25 bits per heavy atom. The Balaban J connectivity index is 1.62. The van der Waals surface area contributed by atoms with Gasteiger partial charge in [-0.25, -0.2) is 4.79 Å². The van der Waals surface area contributed by atoms with Gasteiger partial charge in [0.15, 0.2) is 0 Å². The van der Waals surface area contributed by atoms with Gasteiger partial charge in [0.05, 0.1) is 6.54 Å². The van der Waals surface area contributed by atoms with Gasteiger partial charge in [0, 0.05) is 34.4 Å². The number of likely N-dealkylation sites (tertiary alicyclic amines) is 1. The summed E-state index contributed by atoms with van der Waals surface area (Å²) in [7, 11) is 0. The fraction of sp³-hybridized carbons (Fsp3) is 0.360. The number of aromatic nitrogens is 1. The molecule has 1 aromatic heterocycles. The highest BCUT2D eigenvalue weighted by Crippen LogP contribution is 2.21. The number of benzene rings is 2. The SMILES string of the molecule is CCN1CCC[C@@H]1CN(Cc1cc2cc(C)ccc2[nH]c1=O)C(=O)Nc1cccc(Cl)c1. The second kappa shape index (κ2) is 9.76. The van der Waals surface area contributed by atoms with Crippen LogP contribution in [0.25, 0.3) is 10.9 Å². The Hall–Kier alpha value is -2.83. The van der Waals surface area contributed by atoms with Crippen molar-refractivity contribution < 1.29 is 4.79 Å². The maximum absolute atomic E-state index is 13.3. The number of aryl methyl sites for hydroxylation is 1. The fourth-order valence-corrected chi connectivity index (χ4v) is 4.65. The van der Waals surface area contributed by atoms with Crippen molar-refractivity contribution in [1.29, 1.82) is 0 Å². The van der Waals surface area contributed by atoms with Crippen LogP contribution in [0.1, 0.15) is 30.9 Å². The summed E-state index contributed by atoms with van der Waals surface area (Å²) in [6, 6.07) is 15.0. The number of urea groups is 1. The average Bonchev–Trinajstić information content (AvgIpc) is 3.21. The highest BCUT2D eigenvalue weighted by molar-refractivity contribution is 6.30. The highest BCUT2D eigenvalue weighted by atomic mass is 35.5. The minimum atomic E-state index is -0.237. The second-order valence-electron chi connectivity index (χ2n) is 8.46. The number of rotatable bonds is 6. The molecule has 0 aliphatic carbocycles. The first kappa shape index (κ1) is 22.4. The predicted octanol–water partition coefficient (Wildman–Crippen LogP) is 5.01. The zero-order valence-corrected chi connectivity index (χ0v) is 19.3. The van der Waals surface area contributed by atoms with Gasteiger partial charge in [0.25, 0.3) is 5.56 Å². The number of H-pyrrole nitrogens is 1. The van der Waals surface area contributed by atoms with Crippen LogP contribution in [-0.4, -0.2) is 46.5 Å². The number of carbonyl (C=O) groups excluding carboxylic acids is 1. The number of fused-ring (bicyclic) bond motifs is 1. The lowest BCUT2D eigenvalue weighted by Crippen LogP contribution is -2.45. The molecule has 4 rings (SSSR count). The van der Waals surface area contributed by atoms with Gasteiger partial charge in [-0.3, -0.25) is 9.69 Å². The molecular weight excluding hydrogens is 424 g/mol. The van der Waals surface area contributed by atoms with Crippen LogP contribution in [0, 0.1) is 6.92 Å². The van der Waals surface area contributed by atoms with Gasteiger partial charge in [-0.2, -0.15) is 0 Å². The van der Waals surface area contributed by atoms with E-state index in [0.29, 0.717) is 22.8 Å². The van der Waals surface area contributed by atoms with Crippen molar-refractivity contribution in [3.63, 3.8) is 0 Å². The molecule has 1 fully saturated rings. The molecule has 1 saturated heterocycles. The summed E-state index contributed by atoms with van der Waals surface area (Å²) in [5, 5.41) is 4.47. The van der Waals surface area contributed by atoms with Gasteiger partial charge in [-0.05, 0) is 74.6 Å². The first-order valence-electron chi connectivity index (χ1n) is 11.1. The number of pyridine rings is 1. The summed E-state index contributed by atoms with van der Waals surface area (Å²) >= 11 is 6.09. The van der Waals surface area contributed by atoms with Crippen molar-refractivity contribution in [2.24, 2.45) is 0 Å². The third kappa shape index (κ3) is 5.14. The number of amides is 2. The van der Waals surface area contributed by atoms with Crippen molar-refractivity contribution in [1.82, 2.24) is 14.8 Å². The van der Waals surface area contributed by atoms with Gasteiger partial charge in [-0.1, -0.05) is 36.2 Å². The fourth-order valence-electron chi connectivity index (χ4n) is 4.45. The molecule has 2 N–H and O–H groups in total. The molecule has 32 heavy (non-hydrogen) atoms. The number of likely N-dealkylation sites (N-methyl/N-ethyl adjacent to an activating group) is 1. The van der Waals surface area contributed by atoms with E-state index in [1.165, 1.54) is 0 Å². The smallest absolute Gasteiger partial charge is 0.322 e. The molecule has 0 bridgehead atoms. The first-order chi connectivity index (χ1) is 15.4. The summed E-state index contributed by atoms with van der Waals surface area (Å²) in [4.78, 5) is 33.2. The highest BCUT2D eigenvalue weighted by Gasteiger charge is 2.28. The van der Waals surface area contributed by atoms with Crippen molar-refractivity contribution in [3.8, 4) is 0 Å². The molecule has 0 unspecified atom stereocenters. The van der Waals surface area contributed by atoms with Gasteiger partial charge in [-0.15, -0.1) is 0 Å². The molecule has 0 saturated carbocycles. The topological polar surface area (TPSA) is 68.4 Å². The molecule has 0 spiro atoms. The number of hydrogen-bond acceptors (Lipinski definition) is 3. The Kier molecular flexibility index (Phi) is 6.82. The number of carbonyl (C=O) groups is 1. The Labute approximate surface area is 193 Å². The lowest BCUT2D eigenvalue weighted by molar-refractivity contribution is 0.174. The molecule has 2 aromatic carbocycles. The molecule has 1 aliphatic rings. The number of anilines is 1. The van der Waals surface area contributed by atoms with E-state index < -0.39 is 0 Å². The molecule has 0 radical (unpaired) electrons. The van der Waals surface area contributed by atoms with E-state index in [4.69, 9.17) is 11.6 Å². The molecule has 6 nitrogen and oxygen atoms in total. The summed E-state index contributed by atoms with van der Waals surface area (Å²) < 4.78 is 0. The van der Waals surface area contributed by atoms with Crippen LogP contribution in [0.3, 0.4) is 0 Å². The molecule has 7 heteroatoms. The number of hydrogen-bond donors (Lipinski definition) is 2. The molecule has 168 valence electrons. The number of halogens is 1. The average molecular weight is 453 g/mol. The van der Waals surface area contributed by atoms with Crippen LogP contribution in [0.2, 0.25) is 5.02 Å².